The number of nitrogens with zero attached hydrogens (tertiary/aromatic N) is 1. The molecular weight excluding hydrogens is 428 g/mol. The van der Waals surface area contributed by atoms with E-state index in [-0.39, 0.29) is 17.0 Å². The summed E-state index contributed by atoms with van der Waals surface area (Å²) in [7, 11) is -2.62. The molecule has 0 fully saturated rings. The Labute approximate surface area is 187 Å². The number of para-hydroxylation sites is 1. The van der Waals surface area contributed by atoms with Crippen molar-refractivity contribution in [2.75, 3.05) is 23.3 Å². The number of carbonyl (C=O) groups excluding carboxylic acids is 2. The summed E-state index contributed by atoms with van der Waals surface area (Å²) in [6, 6.07) is 19.6. The number of benzene rings is 3. The number of ether oxygens (including phenoxy) is 1. The molecule has 3 rings (SSSR count). The van der Waals surface area contributed by atoms with Gasteiger partial charge in [0.2, 0.25) is 0 Å². The van der Waals surface area contributed by atoms with Crippen LogP contribution in [0.15, 0.2) is 77.7 Å². The number of hydrogen-bond donors (Lipinski definition) is 1. The SMILES string of the molecule is CCN(c1ccccc1)S(=O)(=O)c1cc(C(=O)Nc2cccc(C(=O)OC)c2)ccc1C. The first-order valence-electron chi connectivity index (χ1n) is 9.96. The van der Waals surface area contributed by atoms with Crippen molar-refractivity contribution in [3.8, 4) is 0 Å². The lowest BCUT2D eigenvalue weighted by Gasteiger charge is -2.24. The molecule has 7 nitrogen and oxygen atoms in total. The number of esters is 1. The number of aryl methyl sites for hydroxylation is 1. The Morgan fingerprint density at radius 3 is 2.31 bits per heavy atom. The van der Waals surface area contributed by atoms with E-state index in [4.69, 9.17) is 4.74 Å². The topological polar surface area (TPSA) is 92.8 Å². The van der Waals surface area contributed by atoms with Crippen molar-refractivity contribution in [2.45, 2.75) is 18.7 Å². The van der Waals surface area contributed by atoms with Gasteiger partial charge in [-0.2, -0.15) is 0 Å². The second-order valence-corrected chi connectivity index (χ2v) is 8.84. The summed E-state index contributed by atoms with van der Waals surface area (Å²) in [5.41, 5.74) is 1.94. The van der Waals surface area contributed by atoms with Crippen molar-refractivity contribution >= 4 is 33.3 Å². The summed E-state index contributed by atoms with van der Waals surface area (Å²) in [6.45, 7) is 3.68. The minimum atomic E-state index is -3.89. The molecule has 32 heavy (non-hydrogen) atoms. The highest BCUT2D eigenvalue weighted by Gasteiger charge is 2.26. The molecule has 166 valence electrons. The molecule has 0 aromatic heterocycles. The zero-order valence-electron chi connectivity index (χ0n) is 18.0. The molecule has 1 amide bonds. The maximum absolute atomic E-state index is 13.4. The van der Waals surface area contributed by atoms with Gasteiger partial charge in [0.1, 0.15) is 0 Å². The summed E-state index contributed by atoms with van der Waals surface area (Å²) >= 11 is 0. The molecule has 0 radical (unpaired) electrons. The molecule has 0 aliphatic rings. The van der Waals surface area contributed by atoms with Gasteiger partial charge in [-0.3, -0.25) is 9.10 Å². The van der Waals surface area contributed by atoms with Crippen LogP contribution in [0, 0.1) is 6.92 Å². The Bertz CT molecular complexity index is 1240. The van der Waals surface area contributed by atoms with E-state index in [1.165, 1.54) is 23.5 Å². The summed E-state index contributed by atoms with van der Waals surface area (Å²) in [5.74, 6) is -1.02. The van der Waals surface area contributed by atoms with E-state index in [2.05, 4.69) is 5.32 Å². The molecule has 0 spiro atoms. The summed E-state index contributed by atoms with van der Waals surface area (Å²) in [6.07, 6.45) is 0. The minimum absolute atomic E-state index is 0.0548. The monoisotopic (exact) mass is 452 g/mol. The fourth-order valence-electron chi connectivity index (χ4n) is 3.27. The number of anilines is 2. The Morgan fingerprint density at radius 1 is 0.938 bits per heavy atom. The standard InChI is InChI=1S/C24H24N2O5S/c1-4-26(21-11-6-5-7-12-21)32(29,30)22-16-18(14-13-17(22)2)23(27)25-20-10-8-9-19(15-20)24(28)31-3/h5-16H,4H2,1-3H3,(H,25,27). The third-order valence-corrected chi connectivity index (χ3v) is 6.94. The van der Waals surface area contributed by atoms with Gasteiger partial charge in [0, 0.05) is 17.8 Å². The zero-order valence-corrected chi connectivity index (χ0v) is 18.8. The van der Waals surface area contributed by atoms with Crippen molar-refractivity contribution in [3.63, 3.8) is 0 Å². The van der Waals surface area contributed by atoms with E-state index < -0.39 is 21.9 Å². The van der Waals surface area contributed by atoms with E-state index in [0.717, 1.165) is 0 Å². The van der Waals surface area contributed by atoms with Gasteiger partial charge in [0.05, 0.1) is 23.3 Å². The normalized spacial score (nSPS) is 11.0. The van der Waals surface area contributed by atoms with Gasteiger partial charge in [0.25, 0.3) is 15.9 Å². The number of carbonyl (C=O) groups is 2. The minimum Gasteiger partial charge on any atom is -0.465 e. The smallest absolute Gasteiger partial charge is 0.337 e. The zero-order chi connectivity index (χ0) is 23.3. The lowest BCUT2D eigenvalue weighted by Crippen LogP contribution is -2.31. The van der Waals surface area contributed by atoms with Crippen molar-refractivity contribution in [1.82, 2.24) is 0 Å². The highest BCUT2D eigenvalue weighted by molar-refractivity contribution is 7.92. The quantitative estimate of drug-likeness (QED) is 0.541. The van der Waals surface area contributed by atoms with Crippen LogP contribution in [0.5, 0.6) is 0 Å². The van der Waals surface area contributed by atoms with E-state index in [1.54, 1.807) is 68.4 Å². The van der Waals surface area contributed by atoms with Crippen molar-refractivity contribution < 1.29 is 22.7 Å². The van der Waals surface area contributed by atoms with Crippen LogP contribution in [0.2, 0.25) is 0 Å². The van der Waals surface area contributed by atoms with Crippen LogP contribution in [-0.2, 0) is 14.8 Å². The molecular formula is C24H24N2O5S. The molecule has 0 bridgehead atoms. The second kappa shape index (κ2) is 9.65. The van der Waals surface area contributed by atoms with Crippen LogP contribution < -0.4 is 9.62 Å². The number of rotatable bonds is 7. The molecule has 3 aromatic carbocycles. The van der Waals surface area contributed by atoms with Gasteiger partial charge in [-0.15, -0.1) is 0 Å². The maximum atomic E-state index is 13.4. The summed E-state index contributed by atoms with van der Waals surface area (Å²) in [4.78, 5) is 24.6. The first kappa shape index (κ1) is 23.0. The highest BCUT2D eigenvalue weighted by Crippen LogP contribution is 2.26. The molecule has 0 aliphatic heterocycles. The Hall–Kier alpha value is -3.65. The molecule has 0 atom stereocenters. The van der Waals surface area contributed by atoms with Crippen LogP contribution in [0.3, 0.4) is 0 Å². The molecule has 3 aromatic rings. The van der Waals surface area contributed by atoms with Crippen LogP contribution >= 0.6 is 0 Å². The fraction of sp³-hybridized carbons (Fsp3) is 0.167. The van der Waals surface area contributed by atoms with Crippen molar-refractivity contribution in [2.24, 2.45) is 0 Å². The van der Waals surface area contributed by atoms with Crippen molar-refractivity contribution in [1.29, 1.82) is 0 Å². The highest BCUT2D eigenvalue weighted by atomic mass is 32.2. The molecule has 0 aliphatic carbocycles. The lowest BCUT2D eigenvalue weighted by molar-refractivity contribution is 0.0600. The van der Waals surface area contributed by atoms with Gasteiger partial charge >= 0.3 is 5.97 Å². The predicted molar refractivity (Wildman–Crippen MR) is 124 cm³/mol. The molecule has 0 unspecified atom stereocenters. The average molecular weight is 453 g/mol. The molecule has 8 heteroatoms. The maximum Gasteiger partial charge on any atom is 0.337 e. The van der Waals surface area contributed by atoms with Crippen LogP contribution in [0.25, 0.3) is 0 Å². The number of sulfonamides is 1. The first-order valence-corrected chi connectivity index (χ1v) is 11.4. The molecule has 0 heterocycles. The average Bonchev–Trinajstić information content (AvgIpc) is 2.79. The van der Waals surface area contributed by atoms with Gasteiger partial charge in [-0.1, -0.05) is 30.3 Å². The Balaban J connectivity index is 1.93. The lowest BCUT2D eigenvalue weighted by atomic mass is 10.1. The Morgan fingerprint density at radius 2 is 1.66 bits per heavy atom. The van der Waals surface area contributed by atoms with E-state index in [9.17, 15) is 18.0 Å². The van der Waals surface area contributed by atoms with Gasteiger partial charge in [0.15, 0.2) is 0 Å². The van der Waals surface area contributed by atoms with Crippen LogP contribution in [0.1, 0.15) is 33.2 Å². The molecule has 0 saturated heterocycles. The second-order valence-electron chi connectivity index (χ2n) is 7.01. The van der Waals surface area contributed by atoms with E-state index in [0.29, 0.717) is 22.5 Å². The van der Waals surface area contributed by atoms with E-state index >= 15 is 0 Å². The number of nitrogens with one attached hydrogen (secondary N) is 1. The summed E-state index contributed by atoms with van der Waals surface area (Å²) < 4.78 is 32.8. The predicted octanol–water partition coefficient (Wildman–Crippen LogP) is 4.25. The fourth-order valence-corrected chi connectivity index (χ4v) is 5.00. The van der Waals surface area contributed by atoms with Gasteiger partial charge in [-0.05, 0) is 61.9 Å². The number of amides is 1. The number of methoxy groups -OCH3 is 1. The molecule has 1 N–H and O–H groups in total. The van der Waals surface area contributed by atoms with Gasteiger partial charge < -0.3 is 10.1 Å². The van der Waals surface area contributed by atoms with Crippen LogP contribution in [-0.4, -0.2) is 33.9 Å². The van der Waals surface area contributed by atoms with Crippen LogP contribution in [0.4, 0.5) is 11.4 Å². The van der Waals surface area contributed by atoms with Crippen molar-refractivity contribution in [3.05, 3.63) is 89.5 Å². The molecule has 0 saturated carbocycles. The Kier molecular flexibility index (Phi) is 6.95. The largest absolute Gasteiger partial charge is 0.465 e. The first-order chi connectivity index (χ1) is 15.3. The summed E-state index contributed by atoms with van der Waals surface area (Å²) in [5, 5.41) is 2.70. The third-order valence-electron chi connectivity index (χ3n) is 4.89. The van der Waals surface area contributed by atoms with Gasteiger partial charge in [-0.25, -0.2) is 13.2 Å². The third kappa shape index (κ3) is 4.81. The van der Waals surface area contributed by atoms with E-state index in [1.807, 2.05) is 6.07 Å². The number of hydrogen-bond acceptors (Lipinski definition) is 5.